The fraction of sp³-hybridized carbons (Fsp3) is 0.182. The van der Waals surface area contributed by atoms with E-state index in [0.29, 0.717) is 5.69 Å². The molecule has 0 saturated heterocycles. The molecule has 2 aromatic carbocycles. The van der Waals surface area contributed by atoms with Crippen molar-refractivity contribution in [2.75, 3.05) is 26.1 Å². The minimum absolute atomic E-state index is 0.0893. The zero-order valence-electron chi connectivity index (χ0n) is 17.2. The number of benzene rings is 2. The molecule has 1 heterocycles. The van der Waals surface area contributed by atoms with Crippen molar-refractivity contribution in [1.82, 2.24) is 9.78 Å². The second-order valence-electron chi connectivity index (χ2n) is 6.20. The Morgan fingerprint density at radius 1 is 1.00 bits per heavy atom. The van der Waals surface area contributed by atoms with Gasteiger partial charge in [-0.2, -0.15) is 9.78 Å². The van der Waals surface area contributed by atoms with Crippen molar-refractivity contribution in [3.05, 3.63) is 76.2 Å². The maximum Gasteiger partial charge on any atom is 0.360 e. The molecule has 0 radical (unpaired) electrons. The van der Waals surface area contributed by atoms with E-state index in [1.807, 2.05) is 0 Å². The number of hydrogen-bond donors (Lipinski definition) is 1. The highest BCUT2D eigenvalue weighted by Gasteiger charge is 2.24. The molecule has 0 atom stereocenters. The molecule has 0 unspecified atom stereocenters. The van der Waals surface area contributed by atoms with Crippen molar-refractivity contribution >= 4 is 17.6 Å². The third-order valence-electron chi connectivity index (χ3n) is 4.30. The Bertz CT molecular complexity index is 1140. The van der Waals surface area contributed by atoms with Gasteiger partial charge in [-0.05, 0) is 31.2 Å². The molecule has 3 rings (SSSR count). The van der Waals surface area contributed by atoms with Crippen molar-refractivity contribution in [2.45, 2.75) is 6.92 Å². The van der Waals surface area contributed by atoms with Gasteiger partial charge in [0, 0.05) is 6.07 Å². The van der Waals surface area contributed by atoms with Gasteiger partial charge >= 0.3 is 5.97 Å². The molecule has 0 fully saturated rings. The van der Waals surface area contributed by atoms with E-state index in [-0.39, 0.29) is 35.1 Å². The lowest BCUT2D eigenvalue weighted by atomic mass is 10.1. The van der Waals surface area contributed by atoms with Crippen LogP contribution in [0.5, 0.6) is 11.5 Å². The van der Waals surface area contributed by atoms with Crippen molar-refractivity contribution in [1.29, 1.82) is 0 Å². The third kappa shape index (κ3) is 4.55. The second-order valence-corrected chi connectivity index (χ2v) is 6.20. The third-order valence-corrected chi connectivity index (χ3v) is 4.30. The van der Waals surface area contributed by atoms with Crippen LogP contribution >= 0.6 is 0 Å². The average molecular weight is 423 g/mol. The maximum atomic E-state index is 13.0. The summed E-state index contributed by atoms with van der Waals surface area (Å²) in [5, 5.41) is 6.70. The van der Waals surface area contributed by atoms with Gasteiger partial charge in [-0.1, -0.05) is 24.3 Å². The van der Waals surface area contributed by atoms with Crippen LogP contribution in [0.15, 0.2) is 59.4 Å². The monoisotopic (exact) mass is 423 g/mol. The molecule has 3 aromatic rings. The topological polar surface area (TPSA) is 109 Å². The fourth-order valence-corrected chi connectivity index (χ4v) is 2.92. The van der Waals surface area contributed by atoms with Gasteiger partial charge < -0.3 is 19.5 Å². The Balaban J connectivity index is 2.09. The van der Waals surface area contributed by atoms with Crippen molar-refractivity contribution in [2.24, 2.45) is 0 Å². The molecule has 31 heavy (non-hydrogen) atoms. The molecule has 0 aliphatic rings. The van der Waals surface area contributed by atoms with Crippen molar-refractivity contribution in [3.63, 3.8) is 0 Å². The summed E-state index contributed by atoms with van der Waals surface area (Å²) in [5.74, 6) is -0.895. The molecule has 9 nitrogen and oxygen atoms in total. The number of ether oxygens (including phenoxy) is 3. The number of amides is 1. The summed E-state index contributed by atoms with van der Waals surface area (Å²) in [6, 6.07) is 14.6. The number of carbonyl (C=O) groups is 2. The van der Waals surface area contributed by atoms with Crippen molar-refractivity contribution < 1.29 is 23.8 Å². The maximum absolute atomic E-state index is 13.0. The van der Waals surface area contributed by atoms with Crippen LogP contribution in [-0.2, 0) is 4.74 Å². The van der Waals surface area contributed by atoms with Gasteiger partial charge in [0.25, 0.3) is 11.5 Å². The van der Waals surface area contributed by atoms with Gasteiger partial charge in [-0.25, -0.2) is 4.79 Å². The molecule has 9 heteroatoms. The normalized spacial score (nSPS) is 10.3. The minimum atomic E-state index is -0.783. The first kappa shape index (κ1) is 21.6. The van der Waals surface area contributed by atoms with Crippen LogP contribution in [0.1, 0.15) is 27.8 Å². The Labute approximate surface area is 178 Å². The summed E-state index contributed by atoms with van der Waals surface area (Å²) in [6.07, 6.45) is 0. The minimum Gasteiger partial charge on any atom is -0.496 e. The number of nitrogens with one attached hydrogen (secondary N) is 1. The zero-order valence-corrected chi connectivity index (χ0v) is 17.2. The molecule has 0 saturated carbocycles. The van der Waals surface area contributed by atoms with Crippen LogP contribution in [0.3, 0.4) is 0 Å². The SMILES string of the molecule is CCOC(=O)c1nn(-c2ccccc2)c(=O)cc1NC(=O)c1c(OC)cccc1OC. The van der Waals surface area contributed by atoms with Crippen LogP contribution in [0.4, 0.5) is 5.69 Å². The van der Waals surface area contributed by atoms with Gasteiger partial charge in [0.15, 0.2) is 5.69 Å². The van der Waals surface area contributed by atoms with E-state index in [0.717, 1.165) is 10.7 Å². The predicted molar refractivity (Wildman–Crippen MR) is 113 cm³/mol. The highest BCUT2D eigenvalue weighted by molar-refractivity contribution is 6.10. The second kappa shape index (κ2) is 9.57. The Morgan fingerprint density at radius 3 is 2.23 bits per heavy atom. The van der Waals surface area contributed by atoms with Crippen LogP contribution in [0.25, 0.3) is 5.69 Å². The largest absolute Gasteiger partial charge is 0.496 e. The first-order valence-electron chi connectivity index (χ1n) is 9.39. The number of anilines is 1. The Morgan fingerprint density at radius 2 is 1.65 bits per heavy atom. The van der Waals surface area contributed by atoms with Gasteiger partial charge in [-0.15, -0.1) is 0 Å². The zero-order chi connectivity index (χ0) is 22.4. The van der Waals surface area contributed by atoms with Crippen LogP contribution < -0.4 is 20.3 Å². The number of aromatic nitrogens is 2. The summed E-state index contributed by atoms with van der Waals surface area (Å²) in [5.41, 5.74) is -0.278. The van der Waals surface area contributed by atoms with E-state index in [1.165, 1.54) is 14.2 Å². The number of methoxy groups -OCH3 is 2. The molecule has 0 aliphatic carbocycles. The molecule has 0 spiro atoms. The van der Waals surface area contributed by atoms with Crippen LogP contribution in [-0.4, -0.2) is 42.5 Å². The van der Waals surface area contributed by atoms with E-state index < -0.39 is 17.4 Å². The smallest absolute Gasteiger partial charge is 0.360 e. The van der Waals surface area contributed by atoms with Gasteiger partial charge in [0.05, 0.1) is 32.2 Å². The standard InChI is InChI=1S/C22H21N3O6/c1-4-31-22(28)20-15(13-18(26)25(24-20)14-9-6-5-7-10-14)23-21(27)19-16(29-2)11-8-12-17(19)30-3/h5-13H,4H2,1-3H3,(H,23,27). The lowest BCUT2D eigenvalue weighted by Gasteiger charge is -2.15. The lowest BCUT2D eigenvalue weighted by Crippen LogP contribution is -2.27. The number of hydrogen-bond acceptors (Lipinski definition) is 7. The lowest BCUT2D eigenvalue weighted by molar-refractivity contribution is 0.0518. The molecule has 160 valence electrons. The fourth-order valence-electron chi connectivity index (χ4n) is 2.92. The van der Waals surface area contributed by atoms with E-state index in [1.54, 1.807) is 55.5 Å². The van der Waals surface area contributed by atoms with E-state index in [4.69, 9.17) is 14.2 Å². The number of carbonyl (C=O) groups excluding carboxylic acids is 2. The number of nitrogens with zero attached hydrogens (tertiary/aromatic N) is 2. The highest BCUT2D eigenvalue weighted by atomic mass is 16.5. The number of esters is 1. The van der Waals surface area contributed by atoms with E-state index in [2.05, 4.69) is 10.4 Å². The van der Waals surface area contributed by atoms with Gasteiger partial charge in [0.1, 0.15) is 17.1 Å². The molecule has 0 aliphatic heterocycles. The quantitative estimate of drug-likeness (QED) is 0.582. The number of rotatable bonds is 7. The average Bonchev–Trinajstić information content (AvgIpc) is 2.79. The Kier molecular flexibility index (Phi) is 6.66. The molecule has 0 bridgehead atoms. The number of para-hydroxylation sites is 1. The molecule has 1 aromatic heterocycles. The molecule has 1 N–H and O–H groups in total. The van der Waals surface area contributed by atoms with E-state index in [9.17, 15) is 14.4 Å². The first-order valence-corrected chi connectivity index (χ1v) is 9.39. The summed E-state index contributed by atoms with van der Waals surface area (Å²) < 4.78 is 16.6. The van der Waals surface area contributed by atoms with Crippen LogP contribution in [0.2, 0.25) is 0 Å². The van der Waals surface area contributed by atoms with Gasteiger partial charge in [-0.3, -0.25) is 9.59 Å². The first-order chi connectivity index (χ1) is 15.0. The van der Waals surface area contributed by atoms with Gasteiger partial charge in [0.2, 0.25) is 0 Å². The molecular weight excluding hydrogens is 402 g/mol. The predicted octanol–water partition coefficient (Wildman–Crippen LogP) is 2.68. The summed E-state index contributed by atoms with van der Waals surface area (Å²) in [6.45, 7) is 1.74. The highest BCUT2D eigenvalue weighted by Crippen LogP contribution is 2.29. The van der Waals surface area contributed by atoms with E-state index >= 15 is 0 Å². The molecule has 1 amide bonds. The van der Waals surface area contributed by atoms with Crippen LogP contribution in [0, 0.1) is 0 Å². The Hall–Kier alpha value is -4.14. The summed E-state index contributed by atoms with van der Waals surface area (Å²) >= 11 is 0. The van der Waals surface area contributed by atoms with Crippen molar-refractivity contribution in [3.8, 4) is 17.2 Å². The molecular formula is C22H21N3O6. The summed E-state index contributed by atoms with van der Waals surface area (Å²) in [7, 11) is 2.83. The summed E-state index contributed by atoms with van der Waals surface area (Å²) in [4.78, 5) is 38.2.